The van der Waals surface area contributed by atoms with Gasteiger partial charge in [0.15, 0.2) is 0 Å². The lowest BCUT2D eigenvalue weighted by atomic mass is 9.96. The van der Waals surface area contributed by atoms with E-state index >= 15 is 0 Å². The summed E-state index contributed by atoms with van der Waals surface area (Å²) in [7, 11) is 2.07. The van der Waals surface area contributed by atoms with Gasteiger partial charge in [0.25, 0.3) is 0 Å². The van der Waals surface area contributed by atoms with E-state index in [1.807, 2.05) is 0 Å². The second-order valence-corrected chi connectivity index (χ2v) is 5.81. The quantitative estimate of drug-likeness (QED) is 0.746. The van der Waals surface area contributed by atoms with Gasteiger partial charge in [-0.1, -0.05) is 19.3 Å². The molecular weight excluding hydrogens is 196 g/mol. The molecule has 0 bridgehead atoms. The van der Waals surface area contributed by atoms with Crippen LogP contribution < -0.4 is 5.32 Å². The van der Waals surface area contributed by atoms with E-state index in [2.05, 4.69) is 24.2 Å². The molecule has 0 aromatic heterocycles. The van der Waals surface area contributed by atoms with E-state index < -0.39 is 0 Å². The van der Waals surface area contributed by atoms with Crippen LogP contribution in [0.4, 0.5) is 0 Å². The molecule has 16 heavy (non-hydrogen) atoms. The van der Waals surface area contributed by atoms with Crippen LogP contribution in [0.25, 0.3) is 0 Å². The van der Waals surface area contributed by atoms with Crippen molar-refractivity contribution >= 4 is 0 Å². The van der Waals surface area contributed by atoms with Gasteiger partial charge in [0.1, 0.15) is 0 Å². The highest BCUT2D eigenvalue weighted by Gasteiger charge is 2.30. The highest BCUT2D eigenvalue weighted by atomic mass is 15.2. The van der Waals surface area contributed by atoms with E-state index in [1.165, 1.54) is 58.0 Å². The lowest BCUT2D eigenvalue weighted by Gasteiger charge is -2.40. The lowest BCUT2D eigenvalue weighted by Crippen LogP contribution is -2.46. The fourth-order valence-corrected chi connectivity index (χ4v) is 3.20. The fraction of sp³-hybridized carbons (Fsp3) is 1.00. The normalized spacial score (nSPS) is 29.2. The lowest BCUT2D eigenvalue weighted by molar-refractivity contribution is 0.0898. The van der Waals surface area contributed by atoms with Crippen molar-refractivity contribution in [2.45, 2.75) is 64.0 Å². The molecule has 1 saturated carbocycles. The Balaban J connectivity index is 1.81. The molecule has 1 saturated heterocycles. The average molecular weight is 224 g/mol. The monoisotopic (exact) mass is 224 g/mol. The maximum Gasteiger partial charge on any atom is 0.0110 e. The van der Waals surface area contributed by atoms with Crippen molar-refractivity contribution in [2.24, 2.45) is 5.92 Å². The topological polar surface area (TPSA) is 15.3 Å². The molecule has 2 nitrogen and oxygen atoms in total. The maximum absolute atomic E-state index is 3.30. The van der Waals surface area contributed by atoms with Crippen molar-refractivity contribution < 1.29 is 0 Å². The van der Waals surface area contributed by atoms with E-state index in [1.54, 1.807) is 0 Å². The van der Waals surface area contributed by atoms with Crippen LogP contribution in [0.2, 0.25) is 0 Å². The predicted molar refractivity (Wildman–Crippen MR) is 69.7 cm³/mol. The maximum atomic E-state index is 3.30. The number of nitrogens with one attached hydrogen (secondary N) is 1. The Morgan fingerprint density at radius 3 is 2.75 bits per heavy atom. The van der Waals surface area contributed by atoms with Crippen LogP contribution in [0.15, 0.2) is 0 Å². The number of likely N-dealkylation sites (tertiary alicyclic amines) is 1. The number of hydrogen-bond acceptors (Lipinski definition) is 2. The smallest absolute Gasteiger partial charge is 0.0110 e. The van der Waals surface area contributed by atoms with Gasteiger partial charge in [0.2, 0.25) is 0 Å². The molecule has 1 heterocycles. The van der Waals surface area contributed by atoms with Crippen LogP contribution in [0.3, 0.4) is 0 Å². The van der Waals surface area contributed by atoms with Crippen molar-refractivity contribution in [3.8, 4) is 0 Å². The Morgan fingerprint density at radius 2 is 2.06 bits per heavy atom. The standard InChI is InChI=1S/C14H28N2/c1-12(11-13-6-7-13)16-10-4-3-5-14(16)8-9-15-2/h12-15H,3-11H2,1-2H3. The summed E-state index contributed by atoms with van der Waals surface area (Å²) < 4.78 is 0. The van der Waals surface area contributed by atoms with Crippen molar-refractivity contribution in [2.75, 3.05) is 20.1 Å². The first-order chi connectivity index (χ1) is 7.81. The summed E-state index contributed by atoms with van der Waals surface area (Å²) in [6.45, 7) is 4.98. The SMILES string of the molecule is CNCCC1CCCCN1C(C)CC1CC1. The van der Waals surface area contributed by atoms with Crippen LogP contribution in [-0.4, -0.2) is 37.1 Å². The molecule has 0 radical (unpaired) electrons. The van der Waals surface area contributed by atoms with Crippen LogP contribution in [0.5, 0.6) is 0 Å². The molecule has 0 spiro atoms. The zero-order valence-electron chi connectivity index (χ0n) is 11.0. The Morgan fingerprint density at radius 1 is 1.25 bits per heavy atom. The average Bonchev–Trinajstić information content (AvgIpc) is 3.10. The third-order valence-corrected chi connectivity index (χ3v) is 4.34. The molecule has 2 fully saturated rings. The summed E-state index contributed by atoms with van der Waals surface area (Å²) in [4.78, 5) is 2.80. The zero-order chi connectivity index (χ0) is 11.4. The van der Waals surface area contributed by atoms with Gasteiger partial charge in [-0.25, -0.2) is 0 Å². The third kappa shape index (κ3) is 3.46. The van der Waals surface area contributed by atoms with Gasteiger partial charge in [-0.15, -0.1) is 0 Å². The molecule has 2 aliphatic rings. The van der Waals surface area contributed by atoms with E-state index in [4.69, 9.17) is 0 Å². The molecule has 2 unspecified atom stereocenters. The Labute approximate surface area is 101 Å². The van der Waals surface area contributed by atoms with Gasteiger partial charge in [-0.3, -0.25) is 4.90 Å². The minimum absolute atomic E-state index is 0.828. The molecule has 1 aliphatic heterocycles. The Bertz CT molecular complexity index is 201. The van der Waals surface area contributed by atoms with E-state index in [0.717, 1.165) is 18.0 Å². The molecule has 0 aromatic carbocycles. The molecular formula is C14H28N2. The largest absolute Gasteiger partial charge is 0.320 e. The fourth-order valence-electron chi connectivity index (χ4n) is 3.20. The molecule has 2 rings (SSSR count). The number of nitrogens with zero attached hydrogens (tertiary/aromatic N) is 1. The minimum Gasteiger partial charge on any atom is -0.320 e. The second-order valence-electron chi connectivity index (χ2n) is 5.81. The van der Waals surface area contributed by atoms with Gasteiger partial charge in [0.05, 0.1) is 0 Å². The molecule has 2 heteroatoms. The Kier molecular flexibility index (Phi) is 4.66. The second kappa shape index (κ2) is 6.02. The Hall–Kier alpha value is -0.0800. The van der Waals surface area contributed by atoms with Crippen molar-refractivity contribution in [3.63, 3.8) is 0 Å². The summed E-state index contributed by atoms with van der Waals surface area (Å²) in [5, 5.41) is 3.30. The first kappa shape index (κ1) is 12.4. The summed E-state index contributed by atoms with van der Waals surface area (Å²) in [6, 6.07) is 1.68. The molecule has 94 valence electrons. The first-order valence-electron chi connectivity index (χ1n) is 7.21. The minimum atomic E-state index is 0.828. The van der Waals surface area contributed by atoms with Gasteiger partial charge >= 0.3 is 0 Å². The molecule has 2 atom stereocenters. The van der Waals surface area contributed by atoms with Crippen molar-refractivity contribution in [1.82, 2.24) is 10.2 Å². The molecule has 0 amide bonds. The summed E-state index contributed by atoms with van der Waals surface area (Å²) >= 11 is 0. The van der Waals surface area contributed by atoms with E-state index in [-0.39, 0.29) is 0 Å². The third-order valence-electron chi connectivity index (χ3n) is 4.34. The van der Waals surface area contributed by atoms with Gasteiger partial charge in [0, 0.05) is 12.1 Å². The number of rotatable bonds is 6. The summed E-state index contributed by atoms with van der Waals surface area (Å²) in [6.07, 6.45) is 10.1. The van der Waals surface area contributed by atoms with Crippen molar-refractivity contribution in [3.05, 3.63) is 0 Å². The van der Waals surface area contributed by atoms with Crippen LogP contribution in [-0.2, 0) is 0 Å². The summed E-state index contributed by atoms with van der Waals surface area (Å²) in [5.74, 6) is 1.07. The highest BCUT2D eigenvalue weighted by Crippen LogP contribution is 2.36. The van der Waals surface area contributed by atoms with E-state index in [0.29, 0.717) is 0 Å². The highest BCUT2D eigenvalue weighted by molar-refractivity contribution is 4.85. The van der Waals surface area contributed by atoms with Crippen LogP contribution in [0.1, 0.15) is 51.9 Å². The number of hydrogen-bond donors (Lipinski definition) is 1. The van der Waals surface area contributed by atoms with Crippen molar-refractivity contribution in [1.29, 1.82) is 0 Å². The predicted octanol–water partition coefficient (Wildman–Crippen LogP) is 2.64. The molecule has 0 aromatic rings. The number of piperidine rings is 1. The van der Waals surface area contributed by atoms with Gasteiger partial charge in [-0.2, -0.15) is 0 Å². The molecule has 1 N–H and O–H groups in total. The molecule has 1 aliphatic carbocycles. The first-order valence-corrected chi connectivity index (χ1v) is 7.21. The van der Waals surface area contributed by atoms with Gasteiger partial charge in [-0.05, 0) is 58.7 Å². The van der Waals surface area contributed by atoms with Crippen LogP contribution >= 0.6 is 0 Å². The van der Waals surface area contributed by atoms with Crippen LogP contribution in [0, 0.1) is 5.92 Å². The summed E-state index contributed by atoms with van der Waals surface area (Å²) in [5.41, 5.74) is 0. The van der Waals surface area contributed by atoms with E-state index in [9.17, 15) is 0 Å². The van der Waals surface area contributed by atoms with Gasteiger partial charge < -0.3 is 5.32 Å². The zero-order valence-corrected chi connectivity index (χ0v) is 11.0.